The van der Waals surface area contributed by atoms with Gasteiger partial charge in [-0.1, -0.05) is 39.0 Å². The number of allylic oxidation sites excluding steroid dienone is 2. The second kappa shape index (κ2) is 7.52. The number of hydrogen-bond donors (Lipinski definition) is 1. The van der Waals surface area contributed by atoms with Crippen LogP contribution in [-0.2, 0) is 4.79 Å². The van der Waals surface area contributed by atoms with Gasteiger partial charge < -0.3 is 10.1 Å². The van der Waals surface area contributed by atoms with Gasteiger partial charge in [-0.2, -0.15) is 0 Å². The van der Waals surface area contributed by atoms with Gasteiger partial charge in [0, 0.05) is 40.9 Å². The number of ketones is 1. The maximum absolute atomic E-state index is 13.4. The summed E-state index contributed by atoms with van der Waals surface area (Å²) >= 11 is 0. The molecule has 0 saturated heterocycles. The minimum absolute atomic E-state index is 0.0405. The number of Topliss-reactive ketones (excluding diaryl/α,β-unsaturated/α-hetero) is 1. The van der Waals surface area contributed by atoms with Gasteiger partial charge in [-0.05, 0) is 59.7 Å². The van der Waals surface area contributed by atoms with E-state index in [4.69, 9.17) is 4.74 Å². The number of pyridine rings is 1. The monoisotopic (exact) mass is 412 g/mol. The van der Waals surface area contributed by atoms with Crippen molar-refractivity contribution in [2.45, 2.75) is 46.0 Å². The van der Waals surface area contributed by atoms with E-state index < -0.39 is 0 Å². The molecule has 3 aromatic rings. The summed E-state index contributed by atoms with van der Waals surface area (Å²) in [4.78, 5) is 18.0. The lowest BCUT2D eigenvalue weighted by Crippen LogP contribution is -2.33. The van der Waals surface area contributed by atoms with Crippen LogP contribution in [0.5, 0.6) is 5.75 Å². The van der Waals surface area contributed by atoms with E-state index in [2.05, 4.69) is 61.4 Å². The van der Waals surface area contributed by atoms with Gasteiger partial charge >= 0.3 is 0 Å². The van der Waals surface area contributed by atoms with Crippen LogP contribution in [0.2, 0.25) is 0 Å². The Morgan fingerprint density at radius 1 is 1.10 bits per heavy atom. The zero-order valence-corrected chi connectivity index (χ0v) is 18.4. The Balaban J connectivity index is 1.70. The number of carbonyl (C=O) groups excluding carboxylic acids is 1. The van der Waals surface area contributed by atoms with Crippen LogP contribution in [0.4, 0.5) is 5.69 Å². The van der Waals surface area contributed by atoms with Gasteiger partial charge in [0.1, 0.15) is 5.75 Å². The molecule has 1 aliphatic heterocycles. The number of carbonyl (C=O) groups is 1. The summed E-state index contributed by atoms with van der Waals surface area (Å²) in [5, 5.41) is 4.71. The van der Waals surface area contributed by atoms with E-state index in [1.807, 2.05) is 24.4 Å². The van der Waals surface area contributed by atoms with Crippen LogP contribution in [0.3, 0.4) is 0 Å². The third-order valence-electron chi connectivity index (χ3n) is 6.30. The molecular weight excluding hydrogens is 384 g/mol. The van der Waals surface area contributed by atoms with Crippen molar-refractivity contribution in [2.24, 2.45) is 5.41 Å². The molecule has 2 heterocycles. The first kappa shape index (κ1) is 19.8. The Kier molecular flexibility index (Phi) is 4.81. The number of benzene rings is 2. The summed E-state index contributed by atoms with van der Waals surface area (Å²) in [5.41, 5.74) is 6.20. The second-order valence-corrected chi connectivity index (χ2v) is 9.41. The first-order chi connectivity index (χ1) is 15.0. The summed E-state index contributed by atoms with van der Waals surface area (Å²) in [6.45, 7) is 7.15. The molecule has 0 amide bonds. The summed E-state index contributed by atoms with van der Waals surface area (Å²) in [7, 11) is 0. The Morgan fingerprint density at radius 3 is 2.68 bits per heavy atom. The predicted molar refractivity (Wildman–Crippen MR) is 124 cm³/mol. The van der Waals surface area contributed by atoms with E-state index in [0.29, 0.717) is 13.0 Å². The molecule has 2 aliphatic rings. The minimum Gasteiger partial charge on any atom is -0.494 e. The van der Waals surface area contributed by atoms with Crippen molar-refractivity contribution in [1.29, 1.82) is 0 Å². The van der Waals surface area contributed by atoms with E-state index in [1.54, 1.807) is 0 Å². The highest BCUT2D eigenvalue weighted by molar-refractivity contribution is 6.04. The molecule has 1 atom stereocenters. The van der Waals surface area contributed by atoms with Gasteiger partial charge in [-0.3, -0.25) is 9.78 Å². The predicted octanol–water partition coefficient (Wildman–Crippen LogP) is 6.22. The van der Waals surface area contributed by atoms with Gasteiger partial charge in [-0.15, -0.1) is 0 Å². The van der Waals surface area contributed by atoms with Crippen LogP contribution in [0.25, 0.3) is 10.9 Å². The maximum atomic E-state index is 13.4. The third-order valence-corrected chi connectivity index (χ3v) is 6.30. The van der Waals surface area contributed by atoms with Crippen LogP contribution in [0, 0.1) is 5.41 Å². The first-order valence-corrected chi connectivity index (χ1v) is 11.1. The van der Waals surface area contributed by atoms with Crippen LogP contribution in [0.15, 0.2) is 66.0 Å². The lowest BCUT2D eigenvalue weighted by Gasteiger charge is -2.40. The van der Waals surface area contributed by atoms with Crippen LogP contribution in [-0.4, -0.2) is 17.4 Å². The van der Waals surface area contributed by atoms with Crippen molar-refractivity contribution in [3.63, 3.8) is 0 Å². The molecule has 4 heteroatoms. The average molecular weight is 413 g/mol. The lowest BCUT2D eigenvalue weighted by atomic mass is 9.68. The number of nitrogens with one attached hydrogen (secondary N) is 1. The average Bonchev–Trinajstić information content (AvgIpc) is 2.75. The number of nitrogens with zero attached hydrogens (tertiary/aromatic N) is 1. The normalized spacial score (nSPS) is 19.6. The van der Waals surface area contributed by atoms with Gasteiger partial charge in [-0.25, -0.2) is 0 Å². The fourth-order valence-corrected chi connectivity index (χ4v) is 4.99. The topological polar surface area (TPSA) is 51.2 Å². The zero-order valence-electron chi connectivity index (χ0n) is 18.4. The number of fused-ring (bicyclic) bond motifs is 3. The van der Waals surface area contributed by atoms with Crippen molar-refractivity contribution in [2.75, 3.05) is 11.9 Å². The number of anilines is 1. The minimum atomic E-state index is -0.108. The molecular formula is C27H28N2O2. The van der Waals surface area contributed by atoms with E-state index in [0.717, 1.165) is 57.6 Å². The molecule has 158 valence electrons. The molecule has 1 aromatic heterocycles. The summed E-state index contributed by atoms with van der Waals surface area (Å²) in [6.07, 6.45) is 4.23. The maximum Gasteiger partial charge on any atom is 0.162 e. The summed E-state index contributed by atoms with van der Waals surface area (Å²) in [6, 6.07) is 16.5. The Hall–Kier alpha value is -3.14. The Labute approximate surface area is 183 Å². The molecule has 0 unspecified atom stereocenters. The van der Waals surface area contributed by atoms with Crippen molar-refractivity contribution in [3.8, 4) is 5.75 Å². The van der Waals surface area contributed by atoms with Gasteiger partial charge in [0.15, 0.2) is 5.78 Å². The highest BCUT2D eigenvalue weighted by Gasteiger charge is 2.41. The summed E-state index contributed by atoms with van der Waals surface area (Å²) in [5.74, 6) is 0.995. The van der Waals surface area contributed by atoms with Crippen molar-refractivity contribution in [3.05, 3.63) is 77.1 Å². The van der Waals surface area contributed by atoms with Crippen LogP contribution >= 0.6 is 0 Å². The van der Waals surface area contributed by atoms with Crippen LogP contribution < -0.4 is 10.1 Å². The van der Waals surface area contributed by atoms with Crippen LogP contribution in [0.1, 0.15) is 57.1 Å². The SMILES string of the molecule is CCCOc1ccc([C@@H]2C3=C(CC(C)(C)CC3=O)Nc3ccc4ncccc4c32)cc1. The standard InChI is InChI=1S/C27H28N2O2/c1-4-14-31-18-9-7-17(8-10-18)24-25-19-6-5-13-28-20(19)11-12-21(25)29-22-15-27(2,3)16-23(30)26(22)24/h5-13,24,29H,4,14-16H2,1-3H3/t24-/m0/s1. The molecule has 0 saturated carbocycles. The molecule has 1 aliphatic carbocycles. The zero-order chi connectivity index (χ0) is 21.6. The number of rotatable bonds is 4. The molecule has 0 fully saturated rings. The van der Waals surface area contributed by atoms with Crippen molar-refractivity contribution >= 4 is 22.4 Å². The first-order valence-electron chi connectivity index (χ1n) is 11.1. The van der Waals surface area contributed by atoms with E-state index in [-0.39, 0.29) is 17.1 Å². The summed E-state index contributed by atoms with van der Waals surface area (Å²) < 4.78 is 5.79. The molecule has 0 radical (unpaired) electrons. The molecule has 4 nitrogen and oxygen atoms in total. The molecule has 0 bridgehead atoms. The second-order valence-electron chi connectivity index (χ2n) is 9.41. The number of ether oxygens (including phenoxy) is 1. The number of hydrogen-bond acceptors (Lipinski definition) is 4. The fourth-order valence-electron chi connectivity index (χ4n) is 4.99. The molecule has 31 heavy (non-hydrogen) atoms. The molecule has 5 rings (SSSR count). The lowest BCUT2D eigenvalue weighted by molar-refractivity contribution is -0.118. The van der Waals surface area contributed by atoms with Gasteiger partial charge in [0.25, 0.3) is 0 Å². The fraction of sp³-hybridized carbons (Fsp3) is 0.333. The van der Waals surface area contributed by atoms with Gasteiger partial charge in [0.05, 0.1) is 12.1 Å². The highest BCUT2D eigenvalue weighted by atomic mass is 16.5. The van der Waals surface area contributed by atoms with E-state index >= 15 is 0 Å². The smallest absolute Gasteiger partial charge is 0.162 e. The quantitative estimate of drug-likeness (QED) is 0.552. The molecule has 0 spiro atoms. The van der Waals surface area contributed by atoms with Crippen molar-refractivity contribution < 1.29 is 9.53 Å². The number of aromatic nitrogens is 1. The Bertz CT molecular complexity index is 1190. The van der Waals surface area contributed by atoms with E-state index in [9.17, 15) is 4.79 Å². The van der Waals surface area contributed by atoms with Gasteiger partial charge in [0.2, 0.25) is 0 Å². The third kappa shape index (κ3) is 3.50. The molecule has 2 aromatic carbocycles. The highest BCUT2D eigenvalue weighted by Crippen LogP contribution is 2.50. The molecule has 1 N–H and O–H groups in total. The van der Waals surface area contributed by atoms with E-state index in [1.165, 1.54) is 0 Å². The largest absolute Gasteiger partial charge is 0.494 e. The van der Waals surface area contributed by atoms with Crippen molar-refractivity contribution in [1.82, 2.24) is 4.98 Å². The Morgan fingerprint density at radius 2 is 1.90 bits per heavy atom.